The molecule has 1 aliphatic carbocycles. The van der Waals surface area contributed by atoms with Crippen LogP contribution in [0.25, 0.3) is 0 Å². The highest BCUT2D eigenvalue weighted by molar-refractivity contribution is 5.01. The molecule has 0 aromatic carbocycles. The highest BCUT2D eigenvalue weighted by Gasteiger charge is 2.29. The van der Waals surface area contributed by atoms with Gasteiger partial charge in [-0.05, 0) is 42.9 Å². The fourth-order valence-corrected chi connectivity index (χ4v) is 2.97. The molecule has 0 heteroatoms. The summed E-state index contributed by atoms with van der Waals surface area (Å²) in [6.07, 6.45) is 14.9. The number of allylic oxidation sites excluding steroid dienone is 1. The van der Waals surface area contributed by atoms with Crippen LogP contribution < -0.4 is 0 Å². The fourth-order valence-electron chi connectivity index (χ4n) is 2.97. The van der Waals surface area contributed by atoms with Gasteiger partial charge in [-0.3, -0.25) is 0 Å². The standard InChI is InChI=1S/C17H27/c1-6-14(7-2)8-9-15-10-12-16(13-11-15)17(3,4)5/h1-2,6,14-16H,8-13H2,3-5H3. The van der Waals surface area contributed by atoms with E-state index < -0.39 is 0 Å². The second kappa shape index (κ2) is 6.29. The van der Waals surface area contributed by atoms with E-state index in [0.29, 0.717) is 5.41 Å². The molecule has 1 fully saturated rings. The van der Waals surface area contributed by atoms with E-state index in [0.717, 1.165) is 18.3 Å². The third-order valence-corrected chi connectivity index (χ3v) is 4.40. The zero-order chi connectivity index (χ0) is 12.9. The van der Waals surface area contributed by atoms with Crippen molar-refractivity contribution in [2.45, 2.75) is 59.3 Å². The summed E-state index contributed by atoms with van der Waals surface area (Å²) in [4.78, 5) is 0. The van der Waals surface area contributed by atoms with Crippen LogP contribution in [0.4, 0.5) is 0 Å². The molecule has 95 valence electrons. The van der Waals surface area contributed by atoms with Gasteiger partial charge in [-0.2, -0.15) is 0 Å². The molecule has 1 rings (SSSR count). The van der Waals surface area contributed by atoms with Gasteiger partial charge in [-0.1, -0.05) is 52.2 Å². The van der Waals surface area contributed by atoms with Crippen LogP contribution in [-0.2, 0) is 0 Å². The van der Waals surface area contributed by atoms with Gasteiger partial charge < -0.3 is 0 Å². The Balaban J connectivity index is 2.29. The second-order valence-electron chi connectivity index (χ2n) is 6.63. The average molecular weight is 231 g/mol. The predicted molar refractivity (Wildman–Crippen MR) is 75.3 cm³/mol. The molecule has 1 atom stereocenters. The monoisotopic (exact) mass is 231 g/mol. The van der Waals surface area contributed by atoms with Crippen molar-refractivity contribution in [1.82, 2.24) is 0 Å². The van der Waals surface area contributed by atoms with Crippen molar-refractivity contribution >= 4 is 0 Å². The molecule has 1 saturated carbocycles. The first kappa shape index (κ1) is 14.4. The lowest BCUT2D eigenvalue weighted by atomic mass is 9.69. The Morgan fingerprint density at radius 1 is 1.24 bits per heavy atom. The zero-order valence-corrected chi connectivity index (χ0v) is 11.7. The highest BCUT2D eigenvalue weighted by Crippen LogP contribution is 2.41. The van der Waals surface area contributed by atoms with E-state index in [2.05, 4.69) is 26.7 Å². The molecule has 0 saturated heterocycles. The van der Waals surface area contributed by atoms with E-state index in [-0.39, 0.29) is 5.92 Å². The molecule has 0 aliphatic heterocycles. The smallest absolute Gasteiger partial charge is 0.0383 e. The van der Waals surface area contributed by atoms with Crippen LogP contribution in [0.1, 0.15) is 59.3 Å². The van der Waals surface area contributed by atoms with Crippen LogP contribution in [0.2, 0.25) is 0 Å². The van der Waals surface area contributed by atoms with Crippen LogP contribution in [0.15, 0.2) is 6.08 Å². The Hall–Kier alpha value is -0.700. The molecule has 0 bridgehead atoms. The quantitative estimate of drug-likeness (QED) is 0.606. The van der Waals surface area contributed by atoms with Crippen LogP contribution in [0.3, 0.4) is 0 Å². The Morgan fingerprint density at radius 2 is 1.82 bits per heavy atom. The number of rotatable bonds is 4. The van der Waals surface area contributed by atoms with Crippen molar-refractivity contribution in [3.05, 3.63) is 12.7 Å². The van der Waals surface area contributed by atoms with Crippen LogP contribution in [0.5, 0.6) is 0 Å². The normalized spacial score (nSPS) is 27.2. The molecule has 1 aliphatic rings. The van der Waals surface area contributed by atoms with Gasteiger partial charge in [-0.15, -0.1) is 6.42 Å². The van der Waals surface area contributed by atoms with Gasteiger partial charge in [0.1, 0.15) is 0 Å². The summed E-state index contributed by atoms with van der Waals surface area (Å²) in [6.45, 7) is 12.6. The molecular weight excluding hydrogens is 204 g/mol. The molecule has 0 aromatic rings. The summed E-state index contributed by atoms with van der Waals surface area (Å²) < 4.78 is 0. The minimum absolute atomic E-state index is 0.176. The first-order valence-electron chi connectivity index (χ1n) is 6.98. The maximum absolute atomic E-state index is 5.51. The fraction of sp³-hybridized carbons (Fsp3) is 0.765. The SMILES string of the molecule is [CH]=CC(C#C)CCC1CCC(C(C)(C)C)CC1. The number of hydrogen-bond acceptors (Lipinski definition) is 0. The van der Waals surface area contributed by atoms with Gasteiger partial charge >= 0.3 is 0 Å². The Bertz CT molecular complexity index is 265. The van der Waals surface area contributed by atoms with Crippen molar-refractivity contribution in [1.29, 1.82) is 0 Å². The minimum Gasteiger partial charge on any atom is -0.119 e. The van der Waals surface area contributed by atoms with Crippen LogP contribution in [0, 0.1) is 42.1 Å². The molecule has 0 nitrogen and oxygen atoms in total. The van der Waals surface area contributed by atoms with Crippen LogP contribution >= 0.6 is 0 Å². The molecule has 0 N–H and O–H groups in total. The van der Waals surface area contributed by atoms with Gasteiger partial charge in [0.15, 0.2) is 0 Å². The molecule has 1 unspecified atom stereocenters. The zero-order valence-electron chi connectivity index (χ0n) is 11.7. The Morgan fingerprint density at radius 3 is 2.24 bits per heavy atom. The van der Waals surface area contributed by atoms with E-state index >= 15 is 0 Å². The van der Waals surface area contributed by atoms with E-state index in [4.69, 9.17) is 13.0 Å². The average Bonchev–Trinajstić information content (AvgIpc) is 2.30. The summed E-state index contributed by atoms with van der Waals surface area (Å²) in [7, 11) is 0. The molecule has 17 heavy (non-hydrogen) atoms. The second-order valence-corrected chi connectivity index (χ2v) is 6.63. The molecule has 1 radical (unpaired) electrons. The third-order valence-electron chi connectivity index (χ3n) is 4.40. The topological polar surface area (TPSA) is 0 Å². The molecule has 0 aromatic heterocycles. The Labute approximate surface area is 108 Å². The largest absolute Gasteiger partial charge is 0.119 e. The maximum Gasteiger partial charge on any atom is 0.0383 e. The molecular formula is C17H27. The van der Waals surface area contributed by atoms with E-state index in [1.807, 2.05) is 0 Å². The third kappa shape index (κ3) is 4.58. The minimum atomic E-state index is 0.176. The van der Waals surface area contributed by atoms with Crippen molar-refractivity contribution in [2.75, 3.05) is 0 Å². The number of hydrogen-bond donors (Lipinski definition) is 0. The van der Waals surface area contributed by atoms with E-state index in [9.17, 15) is 0 Å². The number of terminal acetylenes is 1. The summed E-state index contributed by atoms with van der Waals surface area (Å²) in [5.74, 6) is 4.70. The van der Waals surface area contributed by atoms with Crippen molar-refractivity contribution < 1.29 is 0 Å². The Kier molecular flexibility index (Phi) is 5.31. The lowest BCUT2D eigenvalue weighted by Gasteiger charge is -2.37. The summed E-state index contributed by atoms with van der Waals surface area (Å²) in [6, 6.07) is 0. The lowest BCUT2D eigenvalue weighted by molar-refractivity contribution is 0.145. The van der Waals surface area contributed by atoms with E-state index in [1.54, 1.807) is 6.08 Å². The maximum atomic E-state index is 5.51. The van der Waals surface area contributed by atoms with E-state index in [1.165, 1.54) is 32.1 Å². The predicted octanol–water partition coefficient (Wildman–Crippen LogP) is 4.86. The van der Waals surface area contributed by atoms with Crippen LogP contribution in [-0.4, -0.2) is 0 Å². The van der Waals surface area contributed by atoms with Gasteiger partial charge in [0.2, 0.25) is 0 Å². The first-order chi connectivity index (χ1) is 7.97. The lowest BCUT2D eigenvalue weighted by Crippen LogP contribution is -2.26. The molecule has 0 spiro atoms. The van der Waals surface area contributed by atoms with Gasteiger partial charge in [0.25, 0.3) is 0 Å². The summed E-state index contributed by atoms with van der Waals surface area (Å²) in [5.41, 5.74) is 0.483. The van der Waals surface area contributed by atoms with Crippen molar-refractivity contribution in [3.63, 3.8) is 0 Å². The first-order valence-corrected chi connectivity index (χ1v) is 6.98. The van der Waals surface area contributed by atoms with Crippen molar-refractivity contribution in [2.24, 2.45) is 23.2 Å². The summed E-state index contributed by atoms with van der Waals surface area (Å²) in [5, 5.41) is 0. The van der Waals surface area contributed by atoms with Gasteiger partial charge in [0, 0.05) is 5.92 Å². The molecule has 0 amide bonds. The van der Waals surface area contributed by atoms with Crippen molar-refractivity contribution in [3.8, 4) is 12.3 Å². The molecule has 0 heterocycles. The summed E-state index contributed by atoms with van der Waals surface area (Å²) >= 11 is 0. The van der Waals surface area contributed by atoms with Gasteiger partial charge in [0.05, 0.1) is 0 Å². The van der Waals surface area contributed by atoms with Gasteiger partial charge in [-0.25, -0.2) is 0 Å². The highest BCUT2D eigenvalue weighted by atomic mass is 14.3.